The van der Waals surface area contributed by atoms with Crippen molar-refractivity contribution >= 4 is 10.9 Å². The molecule has 0 radical (unpaired) electrons. The minimum absolute atomic E-state index is 0.0124. The van der Waals surface area contributed by atoms with Crippen LogP contribution in [-0.2, 0) is 0 Å². The first-order valence-corrected chi connectivity index (χ1v) is 7.58. The Hall–Kier alpha value is -3.59. The number of H-pyrrole nitrogens is 1. The van der Waals surface area contributed by atoms with Crippen LogP contribution < -0.4 is 16.0 Å². The van der Waals surface area contributed by atoms with E-state index >= 15 is 0 Å². The second-order valence-electron chi connectivity index (χ2n) is 5.69. The third-order valence-corrected chi connectivity index (χ3v) is 4.30. The number of nitrogens with one attached hydrogen (secondary N) is 1. The van der Waals surface area contributed by atoms with Gasteiger partial charge in [0.25, 0.3) is 5.56 Å². The van der Waals surface area contributed by atoms with Gasteiger partial charge >= 0.3 is 0 Å². The molecule has 1 aliphatic rings. The Morgan fingerprint density at radius 1 is 1.16 bits per heavy atom. The summed E-state index contributed by atoms with van der Waals surface area (Å²) in [6.07, 6.45) is 0. The molecule has 122 valence electrons. The molecule has 0 unspecified atom stereocenters. The largest absolute Gasteiger partial charge is 0.439 e. The summed E-state index contributed by atoms with van der Waals surface area (Å²) < 4.78 is 20.0. The summed E-state index contributed by atoms with van der Waals surface area (Å²) in [6, 6.07) is 15.0. The van der Waals surface area contributed by atoms with Crippen LogP contribution >= 0.6 is 0 Å². The summed E-state index contributed by atoms with van der Waals surface area (Å²) in [5.74, 6) is -1.32. The van der Waals surface area contributed by atoms with Crippen molar-refractivity contribution in [2.75, 3.05) is 0 Å². The van der Waals surface area contributed by atoms with Crippen LogP contribution in [0.5, 0.6) is 5.75 Å². The molecule has 1 atom stereocenters. The van der Waals surface area contributed by atoms with E-state index in [9.17, 15) is 14.4 Å². The second kappa shape index (κ2) is 5.49. The van der Waals surface area contributed by atoms with E-state index in [0.717, 1.165) is 0 Å². The predicted octanol–water partition coefficient (Wildman–Crippen LogP) is 2.89. The Bertz CT molecular complexity index is 1140. The van der Waals surface area contributed by atoms with E-state index in [4.69, 9.17) is 10.5 Å². The number of fused-ring (bicyclic) bond motifs is 3. The number of benzene rings is 2. The lowest BCUT2D eigenvalue weighted by Crippen LogP contribution is -2.28. The Kier molecular flexibility index (Phi) is 3.29. The van der Waals surface area contributed by atoms with Crippen LogP contribution in [0.1, 0.15) is 17.0 Å². The quantitative estimate of drug-likeness (QED) is 0.716. The SMILES string of the molecule is N#CC1=C(N)Oc2c(c(=O)[nH]c3ccccc23)[C@H]1c1ccccc1F. The van der Waals surface area contributed by atoms with Crippen LogP contribution in [0.25, 0.3) is 10.9 Å². The topological polar surface area (TPSA) is 91.9 Å². The second-order valence-corrected chi connectivity index (χ2v) is 5.69. The lowest BCUT2D eigenvalue weighted by Gasteiger charge is -2.26. The van der Waals surface area contributed by atoms with Gasteiger partial charge in [-0.1, -0.05) is 30.3 Å². The van der Waals surface area contributed by atoms with Gasteiger partial charge < -0.3 is 15.5 Å². The summed E-state index contributed by atoms with van der Waals surface area (Å²) in [6.45, 7) is 0. The molecule has 5 nitrogen and oxygen atoms in total. The number of hydrogen-bond acceptors (Lipinski definition) is 4. The van der Waals surface area contributed by atoms with Gasteiger partial charge in [-0.25, -0.2) is 4.39 Å². The standard InChI is InChI=1S/C19H12FN3O2/c20-13-7-3-1-5-10(13)15-12(9-21)18(22)25-17-11-6-2-4-8-14(11)23-19(24)16(15)17/h1-8,15H,22H2,(H,23,24)/t15-/m0/s1. The molecule has 25 heavy (non-hydrogen) atoms. The highest BCUT2D eigenvalue weighted by atomic mass is 19.1. The number of ether oxygens (including phenoxy) is 1. The molecule has 0 saturated carbocycles. The molecular weight excluding hydrogens is 321 g/mol. The van der Waals surface area contributed by atoms with E-state index in [2.05, 4.69) is 4.98 Å². The van der Waals surface area contributed by atoms with E-state index in [1.54, 1.807) is 36.4 Å². The zero-order valence-electron chi connectivity index (χ0n) is 12.9. The Labute approximate surface area is 141 Å². The minimum Gasteiger partial charge on any atom is -0.439 e. The highest BCUT2D eigenvalue weighted by Gasteiger charge is 2.35. The summed E-state index contributed by atoms with van der Waals surface area (Å²) in [7, 11) is 0. The van der Waals surface area contributed by atoms with Gasteiger partial charge in [-0.2, -0.15) is 5.26 Å². The van der Waals surface area contributed by atoms with E-state index in [1.165, 1.54) is 12.1 Å². The Morgan fingerprint density at radius 2 is 1.88 bits per heavy atom. The number of allylic oxidation sites excluding steroid dienone is 1. The third-order valence-electron chi connectivity index (χ3n) is 4.30. The van der Waals surface area contributed by atoms with Crippen molar-refractivity contribution < 1.29 is 9.13 Å². The number of nitrogens with zero attached hydrogens (tertiary/aromatic N) is 1. The van der Waals surface area contributed by atoms with E-state index in [-0.39, 0.29) is 28.3 Å². The highest BCUT2D eigenvalue weighted by molar-refractivity contribution is 5.87. The highest BCUT2D eigenvalue weighted by Crippen LogP contribution is 2.43. The maximum Gasteiger partial charge on any atom is 0.256 e. The van der Waals surface area contributed by atoms with E-state index in [0.29, 0.717) is 10.9 Å². The van der Waals surface area contributed by atoms with Crippen molar-refractivity contribution in [2.24, 2.45) is 5.73 Å². The number of hydrogen-bond donors (Lipinski definition) is 2. The fraction of sp³-hybridized carbons (Fsp3) is 0.0526. The van der Waals surface area contributed by atoms with Crippen LogP contribution in [0.4, 0.5) is 4.39 Å². The lowest BCUT2D eigenvalue weighted by atomic mass is 9.83. The van der Waals surface area contributed by atoms with Crippen LogP contribution in [0.3, 0.4) is 0 Å². The molecule has 1 aliphatic heterocycles. The van der Waals surface area contributed by atoms with Crippen LogP contribution in [-0.4, -0.2) is 4.98 Å². The molecule has 0 amide bonds. The number of halogens is 1. The first-order valence-electron chi connectivity index (χ1n) is 7.58. The zero-order valence-corrected chi connectivity index (χ0v) is 12.9. The van der Waals surface area contributed by atoms with Crippen LogP contribution in [0, 0.1) is 17.1 Å². The maximum atomic E-state index is 14.4. The van der Waals surface area contributed by atoms with Gasteiger partial charge in [0.15, 0.2) is 0 Å². The molecule has 0 bridgehead atoms. The van der Waals surface area contributed by atoms with Crippen molar-refractivity contribution in [3.05, 3.63) is 87.3 Å². The molecule has 6 heteroatoms. The average Bonchev–Trinajstić information content (AvgIpc) is 2.61. The summed E-state index contributed by atoms with van der Waals surface area (Å²) in [5, 5.41) is 10.1. The van der Waals surface area contributed by atoms with Crippen molar-refractivity contribution in [2.45, 2.75) is 5.92 Å². The predicted molar refractivity (Wildman–Crippen MR) is 90.3 cm³/mol. The van der Waals surface area contributed by atoms with Gasteiger partial charge in [0, 0.05) is 10.9 Å². The fourth-order valence-electron chi connectivity index (χ4n) is 3.19. The molecular formula is C19H12FN3O2. The molecule has 3 aromatic rings. The molecule has 2 heterocycles. The van der Waals surface area contributed by atoms with Gasteiger partial charge in [-0.3, -0.25) is 4.79 Å². The number of pyridine rings is 1. The number of nitriles is 1. The van der Waals surface area contributed by atoms with Crippen LogP contribution in [0.15, 0.2) is 64.8 Å². The number of aromatic nitrogens is 1. The minimum atomic E-state index is -0.927. The first kappa shape index (κ1) is 15.0. The number of para-hydroxylation sites is 1. The van der Waals surface area contributed by atoms with Crippen molar-refractivity contribution in [1.82, 2.24) is 4.98 Å². The molecule has 0 saturated heterocycles. The van der Waals surface area contributed by atoms with Gasteiger partial charge in [0.1, 0.15) is 23.2 Å². The number of rotatable bonds is 1. The van der Waals surface area contributed by atoms with Gasteiger partial charge in [0.2, 0.25) is 5.88 Å². The summed E-state index contributed by atoms with van der Waals surface area (Å²) >= 11 is 0. The number of aromatic amines is 1. The molecule has 0 fully saturated rings. The molecule has 0 spiro atoms. The van der Waals surface area contributed by atoms with Gasteiger partial charge in [-0.15, -0.1) is 0 Å². The Balaban J connectivity index is 2.12. The zero-order chi connectivity index (χ0) is 17.6. The Morgan fingerprint density at radius 3 is 2.64 bits per heavy atom. The van der Waals surface area contributed by atoms with Gasteiger partial charge in [0.05, 0.1) is 17.0 Å². The normalized spacial score (nSPS) is 16.2. The number of nitrogens with two attached hydrogens (primary N) is 1. The van der Waals surface area contributed by atoms with Crippen molar-refractivity contribution in [1.29, 1.82) is 5.26 Å². The van der Waals surface area contributed by atoms with Crippen molar-refractivity contribution in [3.63, 3.8) is 0 Å². The first-order chi connectivity index (χ1) is 12.1. The molecule has 0 aliphatic carbocycles. The maximum absolute atomic E-state index is 14.4. The fourth-order valence-corrected chi connectivity index (χ4v) is 3.19. The molecule has 1 aromatic heterocycles. The molecule has 2 aromatic carbocycles. The monoisotopic (exact) mass is 333 g/mol. The van der Waals surface area contributed by atoms with E-state index in [1.807, 2.05) is 6.07 Å². The average molecular weight is 333 g/mol. The molecule has 4 rings (SSSR count). The third kappa shape index (κ3) is 2.17. The smallest absolute Gasteiger partial charge is 0.256 e. The van der Waals surface area contributed by atoms with Gasteiger partial charge in [-0.05, 0) is 18.2 Å². The summed E-state index contributed by atoms with van der Waals surface area (Å²) in [4.78, 5) is 15.5. The summed E-state index contributed by atoms with van der Waals surface area (Å²) in [5.41, 5.74) is 6.45. The lowest BCUT2D eigenvalue weighted by molar-refractivity contribution is 0.395. The van der Waals surface area contributed by atoms with E-state index < -0.39 is 17.3 Å². The van der Waals surface area contributed by atoms with Crippen LogP contribution in [0.2, 0.25) is 0 Å². The van der Waals surface area contributed by atoms with Crippen molar-refractivity contribution in [3.8, 4) is 11.8 Å². The molecule has 3 N–H and O–H groups in total.